The third-order valence-corrected chi connectivity index (χ3v) is 6.23. The third kappa shape index (κ3) is 5.29. The fourth-order valence-corrected chi connectivity index (χ4v) is 4.32. The molecule has 170 valence electrons. The van der Waals surface area contributed by atoms with E-state index in [2.05, 4.69) is 0 Å². The summed E-state index contributed by atoms with van der Waals surface area (Å²) in [7, 11) is 0. The van der Waals surface area contributed by atoms with Crippen LogP contribution in [-0.2, 0) is 17.8 Å². The van der Waals surface area contributed by atoms with Gasteiger partial charge in [-0.2, -0.15) is 0 Å². The van der Waals surface area contributed by atoms with Gasteiger partial charge in [-0.1, -0.05) is 42.5 Å². The molecule has 0 spiro atoms. The highest BCUT2D eigenvalue weighted by atomic mass is 32.1. The van der Waals surface area contributed by atoms with Crippen LogP contribution in [0.5, 0.6) is 11.5 Å². The maximum absolute atomic E-state index is 10.2. The van der Waals surface area contributed by atoms with E-state index in [0.717, 1.165) is 21.8 Å². The number of hydrogen-bond donors (Lipinski definition) is 4. The molecule has 7 nitrogen and oxygen atoms in total. The molecule has 4 rings (SSSR count). The Hall–Kier alpha value is -2.46. The zero-order chi connectivity index (χ0) is 22.5. The van der Waals surface area contributed by atoms with E-state index < -0.39 is 37.3 Å². The van der Waals surface area contributed by atoms with Gasteiger partial charge in [0, 0.05) is 6.42 Å². The summed E-state index contributed by atoms with van der Waals surface area (Å²) in [6.45, 7) is 0.00217. The Morgan fingerprint density at radius 2 is 1.59 bits per heavy atom. The molecule has 32 heavy (non-hydrogen) atoms. The molecule has 0 saturated carbocycles. The number of aliphatic hydroxyl groups excluding tert-OH is 4. The first kappa shape index (κ1) is 22.7. The molecule has 1 saturated heterocycles. The third-order valence-electron chi connectivity index (χ3n) is 5.33. The van der Waals surface area contributed by atoms with E-state index in [4.69, 9.17) is 14.2 Å². The highest BCUT2D eigenvalue weighted by Gasteiger charge is 2.44. The molecule has 0 bridgehead atoms. The van der Waals surface area contributed by atoms with Crippen molar-refractivity contribution >= 4 is 11.3 Å². The molecular formula is C24H26O7S. The lowest BCUT2D eigenvalue weighted by Crippen LogP contribution is -2.60. The molecule has 0 aliphatic carbocycles. The van der Waals surface area contributed by atoms with Gasteiger partial charge in [-0.25, -0.2) is 0 Å². The molecule has 1 aliphatic rings. The smallest absolute Gasteiger partial charge is 0.229 e. The highest BCUT2D eigenvalue weighted by molar-refractivity contribution is 7.10. The summed E-state index contributed by atoms with van der Waals surface area (Å²) in [4.78, 5) is 0.917. The Labute approximate surface area is 190 Å². The molecule has 1 aliphatic heterocycles. The fourth-order valence-electron chi connectivity index (χ4n) is 3.48. The van der Waals surface area contributed by atoms with Crippen LogP contribution in [0, 0.1) is 0 Å². The summed E-state index contributed by atoms with van der Waals surface area (Å²) in [5.41, 5.74) is 2.16. The predicted octanol–water partition coefficient (Wildman–Crippen LogP) is 2.10. The lowest BCUT2D eigenvalue weighted by atomic mass is 9.99. The van der Waals surface area contributed by atoms with Crippen LogP contribution in [0.15, 0.2) is 66.0 Å². The predicted molar refractivity (Wildman–Crippen MR) is 119 cm³/mol. The Morgan fingerprint density at radius 1 is 0.844 bits per heavy atom. The SMILES string of the molecule is OCC1OC(Oc2ccsc2Cc2ccc(OCc3ccccc3)cc2)C(O)C(O)C1O. The molecule has 8 heteroatoms. The lowest BCUT2D eigenvalue weighted by Gasteiger charge is -2.39. The normalized spacial score (nSPS) is 25.4. The van der Waals surface area contributed by atoms with Gasteiger partial charge in [0.2, 0.25) is 6.29 Å². The van der Waals surface area contributed by atoms with E-state index in [-0.39, 0.29) is 0 Å². The molecule has 2 aromatic carbocycles. The van der Waals surface area contributed by atoms with Gasteiger partial charge in [-0.05, 0) is 34.7 Å². The summed E-state index contributed by atoms with van der Waals surface area (Å²) in [5.74, 6) is 1.30. The Balaban J connectivity index is 1.37. The number of ether oxygens (including phenoxy) is 3. The van der Waals surface area contributed by atoms with Crippen molar-refractivity contribution < 1.29 is 34.6 Å². The minimum atomic E-state index is -1.48. The van der Waals surface area contributed by atoms with Gasteiger partial charge in [-0.3, -0.25) is 0 Å². The van der Waals surface area contributed by atoms with Crippen molar-refractivity contribution in [2.24, 2.45) is 0 Å². The molecule has 4 N–H and O–H groups in total. The van der Waals surface area contributed by atoms with Crippen molar-refractivity contribution in [2.45, 2.75) is 43.7 Å². The van der Waals surface area contributed by atoms with Crippen molar-refractivity contribution in [3.05, 3.63) is 82.0 Å². The second-order valence-electron chi connectivity index (χ2n) is 7.62. The number of thiophene rings is 1. The average molecular weight is 459 g/mol. The van der Waals surface area contributed by atoms with E-state index in [0.29, 0.717) is 18.8 Å². The van der Waals surface area contributed by atoms with Crippen molar-refractivity contribution in [2.75, 3.05) is 6.61 Å². The minimum absolute atomic E-state index is 0.500. The van der Waals surface area contributed by atoms with Gasteiger partial charge in [-0.15, -0.1) is 11.3 Å². The van der Waals surface area contributed by atoms with E-state index in [9.17, 15) is 20.4 Å². The van der Waals surface area contributed by atoms with Crippen LogP contribution >= 0.6 is 11.3 Å². The molecule has 5 atom stereocenters. The second kappa shape index (κ2) is 10.4. The summed E-state index contributed by atoms with van der Waals surface area (Å²) in [5, 5.41) is 41.3. The second-order valence-corrected chi connectivity index (χ2v) is 8.62. The Bertz CT molecular complexity index is 974. The van der Waals surface area contributed by atoms with Crippen LogP contribution in [0.4, 0.5) is 0 Å². The van der Waals surface area contributed by atoms with Gasteiger partial charge < -0.3 is 34.6 Å². The van der Waals surface area contributed by atoms with Crippen LogP contribution in [0.25, 0.3) is 0 Å². The lowest BCUT2D eigenvalue weighted by molar-refractivity contribution is -0.277. The van der Waals surface area contributed by atoms with Gasteiger partial charge >= 0.3 is 0 Å². The quantitative estimate of drug-likeness (QED) is 0.409. The molecule has 0 amide bonds. The van der Waals surface area contributed by atoms with Crippen LogP contribution in [0.2, 0.25) is 0 Å². The Kier molecular flexibility index (Phi) is 7.41. The van der Waals surface area contributed by atoms with E-state index in [1.807, 2.05) is 60.0 Å². The van der Waals surface area contributed by atoms with E-state index in [1.54, 1.807) is 6.07 Å². The number of rotatable bonds is 8. The standard InChI is InChI=1S/C24H26O7S/c25-13-19-21(26)22(27)23(28)24(31-19)30-18-10-11-32-20(18)12-15-6-8-17(9-7-15)29-14-16-4-2-1-3-5-16/h1-11,19,21-28H,12-14H2. The van der Waals surface area contributed by atoms with Crippen LogP contribution < -0.4 is 9.47 Å². The molecule has 5 unspecified atom stereocenters. The van der Waals surface area contributed by atoms with Crippen molar-refractivity contribution in [3.8, 4) is 11.5 Å². The molecule has 1 fully saturated rings. The number of hydrogen-bond acceptors (Lipinski definition) is 8. The zero-order valence-electron chi connectivity index (χ0n) is 17.3. The summed E-state index contributed by atoms with van der Waals surface area (Å²) in [6, 6.07) is 19.5. The first-order chi connectivity index (χ1) is 15.5. The summed E-state index contributed by atoms with van der Waals surface area (Å²) >= 11 is 1.50. The molecule has 0 radical (unpaired) electrons. The first-order valence-electron chi connectivity index (χ1n) is 10.3. The van der Waals surface area contributed by atoms with Gasteiger partial charge in [0.1, 0.15) is 42.5 Å². The van der Waals surface area contributed by atoms with Gasteiger partial charge in [0.05, 0.1) is 11.5 Å². The van der Waals surface area contributed by atoms with E-state index in [1.165, 1.54) is 11.3 Å². The van der Waals surface area contributed by atoms with Crippen LogP contribution in [0.1, 0.15) is 16.0 Å². The first-order valence-corrected chi connectivity index (χ1v) is 11.2. The van der Waals surface area contributed by atoms with Crippen molar-refractivity contribution in [1.29, 1.82) is 0 Å². The molecule has 2 heterocycles. The van der Waals surface area contributed by atoms with Gasteiger partial charge in [0.15, 0.2) is 0 Å². The highest BCUT2D eigenvalue weighted by Crippen LogP contribution is 2.31. The fraction of sp³-hybridized carbons (Fsp3) is 0.333. The van der Waals surface area contributed by atoms with Crippen molar-refractivity contribution in [1.82, 2.24) is 0 Å². The van der Waals surface area contributed by atoms with Crippen LogP contribution in [-0.4, -0.2) is 57.7 Å². The summed E-state index contributed by atoms with van der Waals surface area (Å²) < 4.78 is 17.1. The monoisotopic (exact) mass is 458 g/mol. The average Bonchev–Trinajstić information content (AvgIpc) is 3.26. The Morgan fingerprint density at radius 3 is 2.31 bits per heavy atom. The van der Waals surface area contributed by atoms with E-state index >= 15 is 0 Å². The number of aliphatic hydroxyl groups is 4. The minimum Gasteiger partial charge on any atom is -0.489 e. The molecule has 3 aromatic rings. The maximum atomic E-state index is 10.2. The summed E-state index contributed by atoms with van der Waals surface area (Å²) in [6.07, 6.45) is -5.95. The topological polar surface area (TPSA) is 109 Å². The maximum Gasteiger partial charge on any atom is 0.229 e. The molecular weight excluding hydrogens is 432 g/mol. The zero-order valence-corrected chi connectivity index (χ0v) is 18.1. The largest absolute Gasteiger partial charge is 0.489 e. The molecule has 1 aromatic heterocycles. The van der Waals surface area contributed by atoms with Crippen LogP contribution in [0.3, 0.4) is 0 Å². The van der Waals surface area contributed by atoms with Gasteiger partial charge in [0.25, 0.3) is 0 Å². The number of benzene rings is 2. The van der Waals surface area contributed by atoms with Crippen molar-refractivity contribution in [3.63, 3.8) is 0 Å².